The van der Waals surface area contributed by atoms with Crippen LogP contribution in [0.25, 0.3) is 0 Å². The third-order valence-electron chi connectivity index (χ3n) is 2.94. The zero-order valence-corrected chi connectivity index (χ0v) is 10.7. The number of hydrogen-bond donors (Lipinski definition) is 0. The molecule has 1 rings (SSSR count). The molecule has 1 atom stereocenters. The molecule has 5 nitrogen and oxygen atoms in total. The fourth-order valence-electron chi connectivity index (χ4n) is 1.56. The molecule has 1 aromatic rings. The zero-order valence-electron chi connectivity index (χ0n) is 10.7. The van der Waals surface area contributed by atoms with Crippen molar-refractivity contribution in [2.45, 2.75) is 33.7 Å². The number of rotatable bonds is 4. The van der Waals surface area contributed by atoms with Gasteiger partial charge in [0.05, 0.1) is 5.56 Å². The summed E-state index contributed by atoms with van der Waals surface area (Å²) in [5, 5.41) is 0. The topological polar surface area (TPSA) is 61.1 Å². The van der Waals surface area contributed by atoms with Gasteiger partial charge in [0.25, 0.3) is 5.56 Å². The lowest BCUT2D eigenvalue weighted by Gasteiger charge is -2.13. The number of nitrogens with zero attached hydrogens (tertiary/aromatic N) is 2. The first kappa shape index (κ1) is 13.4. The van der Waals surface area contributed by atoms with Gasteiger partial charge in [0.1, 0.15) is 0 Å². The molecule has 0 aliphatic carbocycles. The summed E-state index contributed by atoms with van der Waals surface area (Å²) in [5.74, 6) is 0.00788. The fraction of sp³-hybridized carbons (Fsp3) is 0.583. The van der Waals surface area contributed by atoms with Gasteiger partial charge in [-0.3, -0.25) is 18.7 Å². The van der Waals surface area contributed by atoms with Crippen LogP contribution in [0.2, 0.25) is 0 Å². The lowest BCUT2D eigenvalue weighted by atomic mass is 10.1. The van der Waals surface area contributed by atoms with Crippen molar-refractivity contribution >= 4 is 5.78 Å². The van der Waals surface area contributed by atoms with Gasteiger partial charge in [0, 0.05) is 19.8 Å². The van der Waals surface area contributed by atoms with Crippen LogP contribution in [0.3, 0.4) is 0 Å². The van der Waals surface area contributed by atoms with Crippen LogP contribution in [-0.2, 0) is 13.6 Å². The Morgan fingerprint density at radius 3 is 2.47 bits per heavy atom. The van der Waals surface area contributed by atoms with Crippen LogP contribution in [0.1, 0.15) is 37.6 Å². The van der Waals surface area contributed by atoms with Crippen molar-refractivity contribution in [2.75, 3.05) is 0 Å². The molecule has 1 heterocycles. The Hall–Kier alpha value is -1.65. The maximum atomic E-state index is 11.8. The molecule has 0 saturated carbocycles. The van der Waals surface area contributed by atoms with Crippen molar-refractivity contribution in [1.29, 1.82) is 0 Å². The minimum Gasteiger partial charge on any atom is -0.299 e. The van der Waals surface area contributed by atoms with Crippen LogP contribution in [0, 0.1) is 5.92 Å². The van der Waals surface area contributed by atoms with Crippen LogP contribution in [-0.4, -0.2) is 14.9 Å². The Balaban J connectivity index is 3.38. The molecule has 0 fully saturated rings. The Morgan fingerprint density at radius 1 is 1.41 bits per heavy atom. The molecule has 0 bridgehead atoms. The van der Waals surface area contributed by atoms with Gasteiger partial charge >= 0.3 is 5.69 Å². The molecule has 0 spiro atoms. The first-order chi connectivity index (χ1) is 7.88. The number of Topliss-reactive ketones (excluding diaryl/α,β-unsaturated/α-hetero) is 1. The second-order valence-electron chi connectivity index (χ2n) is 4.41. The highest BCUT2D eigenvalue weighted by atomic mass is 16.2. The Labute approximate surface area is 99.7 Å². The summed E-state index contributed by atoms with van der Waals surface area (Å²) in [5.41, 5.74) is -0.835. The smallest absolute Gasteiger partial charge is 0.299 e. The summed E-state index contributed by atoms with van der Waals surface area (Å²) in [6, 6.07) is 0. The summed E-state index contributed by atoms with van der Waals surface area (Å²) in [6.45, 7) is 5.90. The molecule has 0 saturated heterocycles. The van der Waals surface area contributed by atoms with E-state index in [1.165, 1.54) is 24.7 Å². The first-order valence-electron chi connectivity index (χ1n) is 5.69. The van der Waals surface area contributed by atoms with Gasteiger partial charge in [-0.25, -0.2) is 4.79 Å². The maximum Gasteiger partial charge on any atom is 0.330 e. The minimum absolute atomic E-state index is 0.0652. The number of hydrogen-bond acceptors (Lipinski definition) is 3. The molecule has 0 radical (unpaired) electrons. The van der Waals surface area contributed by atoms with Crippen LogP contribution >= 0.6 is 0 Å². The van der Waals surface area contributed by atoms with E-state index in [9.17, 15) is 14.4 Å². The van der Waals surface area contributed by atoms with Gasteiger partial charge in [-0.1, -0.05) is 20.3 Å². The molecule has 1 unspecified atom stereocenters. The Kier molecular flexibility index (Phi) is 4.04. The lowest BCUT2D eigenvalue weighted by Crippen LogP contribution is -2.41. The molecular formula is C12H18N2O3. The van der Waals surface area contributed by atoms with Gasteiger partial charge in [-0.15, -0.1) is 0 Å². The SMILES string of the molecule is CCC(C)Cn1cc(C(C)=O)c(=O)n(C)c1=O. The summed E-state index contributed by atoms with van der Waals surface area (Å²) < 4.78 is 2.42. The van der Waals surface area contributed by atoms with Gasteiger partial charge < -0.3 is 0 Å². The lowest BCUT2D eigenvalue weighted by molar-refractivity contribution is 0.101. The normalized spacial score (nSPS) is 12.5. The van der Waals surface area contributed by atoms with Gasteiger partial charge in [-0.2, -0.15) is 0 Å². The molecule has 0 aliphatic heterocycles. The molecule has 0 N–H and O–H groups in total. The van der Waals surface area contributed by atoms with E-state index < -0.39 is 5.56 Å². The standard InChI is InChI=1S/C12H18N2O3/c1-5-8(2)6-14-7-10(9(3)15)11(16)13(4)12(14)17/h7-8H,5-6H2,1-4H3. The second-order valence-corrected chi connectivity index (χ2v) is 4.41. The van der Waals surface area contributed by atoms with Crippen molar-refractivity contribution < 1.29 is 4.79 Å². The largest absolute Gasteiger partial charge is 0.330 e. The molecule has 0 aromatic carbocycles. The van der Waals surface area contributed by atoms with Crippen LogP contribution in [0.4, 0.5) is 0 Å². The van der Waals surface area contributed by atoms with Crippen molar-refractivity contribution in [3.05, 3.63) is 32.6 Å². The molecular weight excluding hydrogens is 220 g/mol. The molecule has 1 aromatic heterocycles. The number of carbonyl (C=O) groups excluding carboxylic acids is 1. The third-order valence-corrected chi connectivity index (χ3v) is 2.94. The Bertz CT molecular complexity index is 540. The minimum atomic E-state index is -0.525. The summed E-state index contributed by atoms with van der Waals surface area (Å²) >= 11 is 0. The molecule has 94 valence electrons. The number of ketones is 1. The zero-order chi connectivity index (χ0) is 13.2. The van der Waals surface area contributed by atoms with Crippen molar-refractivity contribution in [3.63, 3.8) is 0 Å². The van der Waals surface area contributed by atoms with Gasteiger partial charge in [-0.05, 0) is 12.8 Å². The van der Waals surface area contributed by atoms with E-state index in [1.54, 1.807) is 0 Å². The van der Waals surface area contributed by atoms with E-state index >= 15 is 0 Å². The van der Waals surface area contributed by atoms with Crippen LogP contribution in [0.15, 0.2) is 15.8 Å². The third kappa shape index (κ3) is 2.72. The monoisotopic (exact) mass is 238 g/mol. The van der Waals surface area contributed by atoms with E-state index in [0.29, 0.717) is 12.5 Å². The average Bonchev–Trinajstić information content (AvgIpc) is 2.29. The fourth-order valence-corrected chi connectivity index (χ4v) is 1.56. The molecule has 17 heavy (non-hydrogen) atoms. The van der Waals surface area contributed by atoms with Gasteiger partial charge in [0.15, 0.2) is 5.78 Å². The van der Waals surface area contributed by atoms with Crippen LogP contribution < -0.4 is 11.2 Å². The predicted octanol–water partition coefficient (Wildman–Crippen LogP) is 0.796. The number of carbonyl (C=O) groups is 1. The summed E-state index contributed by atoms with van der Waals surface area (Å²) in [6.07, 6.45) is 2.31. The van der Waals surface area contributed by atoms with Crippen molar-refractivity contribution in [2.24, 2.45) is 13.0 Å². The van der Waals surface area contributed by atoms with E-state index in [-0.39, 0.29) is 17.0 Å². The van der Waals surface area contributed by atoms with Crippen molar-refractivity contribution in [3.8, 4) is 0 Å². The highest BCUT2D eigenvalue weighted by molar-refractivity contribution is 5.93. The van der Waals surface area contributed by atoms with E-state index in [4.69, 9.17) is 0 Å². The van der Waals surface area contributed by atoms with Gasteiger partial charge in [0.2, 0.25) is 0 Å². The molecule has 0 aliphatic rings. The number of aromatic nitrogens is 2. The highest BCUT2D eigenvalue weighted by Gasteiger charge is 2.13. The molecule has 5 heteroatoms. The van der Waals surface area contributed by atoms with E-state index in [1.807, 2.05) is 13.8 Å². The predicted molar refractivity (Wildman–Crippen MR) is 65.4 cm³/mol. The van der Waals surface area contributed by atoms with E-state index in [2.05, 4.69) is 0 Å². The Morgan fingerprint density at radius 2 is 2.00 bits per heavy atom. The first-order valence-corrected chi connectivity index (χ1v) is 5.69. The van der Waals surface area contributed by atoms with E-state index in [0.717, 1.165) is 11.0 Å². The van der Waals surface area contributed by atoms with Crippen LogP contribution in [0.5, 0.6) is 0 Å². The van der Waals surface area contributed by atoms with Crippen molar-refractivity contribution in [1.82, 2.24) is 9.13 Å². The quantitative estimate of drug-likeness (QED) is 0.729. The highest BCUT2D eigenvalue weighted by Crippen LogP contribution is 2.03. The summed E-state index contributed by atoms with van der Waals surface area (Å²) in [7, 11) is 1.39. The summed E-state index contributed by atoms with van der Waals surface area (Å²) in [4.78, 5) is 34.8. The maximum absolute atomic E-state index is 11.8. The molecule has 0 amide bonds. The second kappa shape index (κ2) is 5.12. The average molecular weight is 238 g/mol.